The number of hydrogen-bond donors (Lipinski definition) is 1. The van der Waals surface area contributed by atoms with Crippen LogP contribution in [0, 0.1) is 13.8 Å². The SMILES string of the molecule is COC(=O)c1sc(N)c(C(=O)OC)c1COC(=O)c1ccc(C)cc1C. The number of aryl methyl sites for hydroxylation is 2. The normalized spacial score (nSPS) is 10.3. The van der Waals surface area contributed by atoms with Gasteiger partial charge in [-0.05, 0) is 25.5 Å². The van der Waals surface area contributed by atoms with Crippen LogP contribution in [0.3, 0.4) is 0 Å². The second kappa shape index (κ2) is 8.01. The van der Waals surface area contributed by atoms with E-state index in [2.05, 4.69) is 0 Å². The van der Waals surface area contributed by atoms with E-state index in [1.165, 1.54) is 14.2 Å². The molecule has 0 radical (unpaired) electrons. The number of carbonyl (C=O) groups is 3. The van der Waals surface area contributed by atoms with Crippen LogP contribution in [0.5, 0.6) is 0 Å². The van der Waals surface area contributed by atoms with E-state index in [0.717, 1.165) is 22.5 Å². The van der Waals surface area contributed by atoms with Gasteiger partial charge in [0.25, 0.3) is 0 Å². The Bertz CT molecular complexity index is 871. The minimum Gasteiger partial charge on any atom is -0.465 e. The van der Waals surface area contributed by atoms with Gasteiger partial charge >= 0.3 is 17.9 Å². The summed E-state index contributed by atoms with van der Waals surface area (Å²) in [7, 11) is 2.41. The van der Waals surface area contributed by atoms with Crippen molar-refractivity contribution >= 4 is 34.2 Å². The van der Waals surface area contributed by atoms with E-state index in [0.29, 0.717) is 5.56 Å². The quantitative estimate of drug-likeness (QED) is 0.631. The van der Waals surface area contributed by atoms with Crippen LogP contribution >= 0.6 is 11.3 Å². The molecule has 7 nitrogen and oxygen atoms in total. The van der Waals surface area contributed by atoms with Crippen molar-refractivity contribution in [3.63, 3.8) is 0 Å². The monoisotopic (exact) mass is 377 g/mol. The van der Waals surface area contributed by atoms with Crippen LogP contribution in [-0.2, 0) is 20.8 Å². The summed E-state index contributed by atoms with van der Waals surface area (Å²) >= 11 is 0.881. The lowest BCUT2D eigenvalue weighted by Crippen LogP contribution is -2.13. The second-order valence-corrected chi connectivity index (χ2v) is 6.58. The van der Waals surface area contributed by atoms with Crippen LogP contribution in [0.15, 0.2) is 18.2 Å². The van der Waals surface area contributed by atoms with Gasteiger partial charge in [-0.15, -0.1) is 11.3 Å². The number of nitrogen functional groups attached to an aromatic ring is 1. The van der Waals surface area contributed by atoms with E-state index in [9.17, 15) is 14.4 Å². The standard InChI is InChI=1S/C18H19NO6S/c1-9-5-6-11(10(2)7-9)16(20)25-8-12-13(17(21)23-3)15(19)26-14(12)18(22)24-4/h5-7H,8,19H2,1-4H3. The number of esters is 3. The molecule has 8 heteroatoms. The fraction of sp³-hybridized carbons (Fsp3) is 0.278. The van der Waals surface area contributed by atoms with Gasteiger partial charge in [0, 0.05) is 5.56 Å². The minimum absolute atomic E-state index is 0.00586. The summed E-state index contributed by atoms with van der Waals surface area (Å²) in [4.78, 5) is 36.4. The summed E-state index contributed by atoms with van der Waals surface area (Å²) in [6.45, 7) is 3.40. The Morgan fingerprint density at radius 1 is 1.04 bits per heavy atom. The summed E-state index contributed by atoms with van der Waals surface area (Å²) in [6.07, 6.45) is 0. The van der Waals surface area contributed by atoms with Gasteiger partial charge in [-0.25, -0.2) is 14.4 Å². The van der Waals surface area contributed by atoms with E-state index >= 15 is 0 Å². The summed E-state index contributed by atoms with van der Waals surface area (Å²) in [5.41, 5.74) is 8.20. The van der Waals surface area contributed by atoms with E-state index in [-0.39, 0.29) is 27.6 Å². The first kappa shape index (κ1) is 19.5. The number of nitrogens with two attached hydrogens (primary N) is 1. The van der Waals surface area contributed by atoms with Crippen molar-refractivity contribution < 1.29 is 28.6 Å². The van der Waals surface area contributed by atoms with Crippen molar-refractivity contribution in [2.75, 3.05) is 20.0 Å². The zero-order chi connectivity index (χ0) is 19.4. The molecule has 0 saturated carbocycles. The molecule has 1 heterocycles. The van der Waals surface area contributed by atoms with Crippen LogP contribution in [0.2, 0.25) is 0 Å². The number of ether oxygens (including phenoxy) is 3. The molecule has 1 aromatic carbocycles. The lowest BCUT2D eigenvalue weighted by Gasteiger charge is -2.10. The Morgan fingerprint density at radius 3 is 2.27 bits per heavy atom. The molecule has 138 valence electrons. The maximum atomic E-state index is 12.4. The fourth-order valence-electron chi connectivity index (χ4n) is 2.46. The molecule has 2 rings (SSSR count). The largest absolute Gasteiger partial charge is 0.465 e. The molecule has 0 aliphatic rings. The molecule has 0 saturated heterocycles. The molecule has 0 unspecified atom stereocenters. The smallest absolute Gasteiger partial charge is 0.348 e. The van der Waals surface area contributed by atoms with Gasteiger partial charge in [0.05, 0.1) is 19.8 Å². The van der Waals surface area contributed by atoms with Gasteiger partial charge in [-0.2, -0.15) is 0 Å². The summed E-state index contributed by atoms with van der Waals surface area (Å²) in [5, 5.41) is 0.0924. The number of rotatable bonds is 5. The summed E-state index contributed by atoms with van der Waals surface area (Å²) < 4.78 is 14.7. The van der Waals surface area contributed by atoms with Gasteiger partial charge in [0.1, 0.15) is 22.0 Å². The van der Waals surface area contributed by atoms with E-state index in [4.69, 9.17) is 19.9 Å². The molecule has 0 bridgehead atoms. The number of hydrogen-bond acceptors (Lipinski definition) is 8. The average molecular weight is 377 g/mol. The maximum absolute atomic E-state index is 12.4. The van der Waals surface area contributed by atoms with Crippen molar-refractivity contribution in [3.8, 4) is 0 Å². The molecule has 0 spiro atoms. The lowest BCUT2D eigenvalue weighted by atomic mass is 10.1. The van der Waals surface area contributed by atoms with Crippen molar-refractivity contribution in [3.05, 3.63) is 50.9 Å². The van der Waals surface area contributed by atoms with Crippen molar-refractivity contribution in [2.24, 2.45) is 0 Å². The molecular formula is C18H19NO6S. The molecule has 1 aromatic heterocycles. The molecule has 0 aliphatic carbocycles. The molecule has 0 amide bonds. The van der Waals surface area contributed by atoms with Crippen LogP contribution in [0.1, 0.15) is 47.1 Å². The highest BCUT2D eigenvalue weighted by Gasteiger charge is 2.28. The van der Waals surface area contributed by atoms with Crippen LogP contribution in [0.4, 0.5) is 5.00 Å². The average Bonchev–Trinajstić information content (AvgIpc) is 2.94. The van der Waals surface area contributed by atoms with E-state index in [1.54, 1.807) is 19.1 Å². The zero-order valence-electron chi connectivity index (χ0n) is 14.9. The minimum atomic E-state index is -0.716. The van der Waals surface area contributed by atoms with Crippen molar-refractivity contribution in [1.29, 1.82) is 0 Å². The third-order valence-electron chi connectivity index (χ3n) is 3.74. The highest BCUT2D eigenvalue weighted by atomic mass is 32.1. The first-order valence-corrected chi connectivity index (χ1v) is 8.43. The highest BCUT2D eigenvalue weighted by Crippen LogP contribution is 2.33. The lowest BCUT2D eigenvalue weighted by molar-refractivity contribution is 0.0452. The molecular weight excluding hydrogens is 358 g/mol. The Balaban J connectivity index is 2.34. The number of benzene rings is 1. The second-order valence-electron chi connectivity index (χ2n) is 5.53. The number of thiophene rings is 1. The number of carbonyl (C=O) groups excluding carboxylic acids is 3. The Labute approximate surface area is 154 Å². The predicted molar refractivity (Wildman–Crippen MR) is 96.4 cm³/mol. The van der Waals surface area contributed by atoms with Crippen molar-refractivity contribution in [2.45, 2.75) is 20.5 Å². The molecule has 0 atom stereocenters. The first-order valence-electron chi connectivity index (χ1n) is 7.62. The first-order chi connectivity index (χ1) is 12.3. The number of methoxy groups -OCH3 is 2. The Morgan fingerprint density at radius 2 is 1.69 bits per heavy atom. The van der Waals surface area contributed by atoms with Crippen LogP contribution < -0.4 is 5.73 Å². The molecule has 2 aromatic rings. The third-order valence-corrected chi connectivity index (χ3v) is 4.79. The van der Waals surface area contributed by atoms with E-state index in [1.807, 2.05) is 13.0 Å². The van der Waals surface area contributed by atoms with Gasteiger partial charge in [-0.3, -0.25) is 0 Å². The van der Waals surface area contributed by atoms with Crippen LogP contribution in [-0.4, -0.2) is 32.1 Å². The summed E-state index contributed by atoms with van der Waals surface area (Å²) in [6, 6.07) is 5.32. The molecule has 2 N–H and O–H groups in total. The Hall–Kier alpha value is -2.87. The third kappa shape index (κ3) is 3.85. The zero-order valence-corrected chi connectivity index (χ0v) is 15.7. The molecule has 0 aliphatic heterocycles. The van der Waals surface area contributed by atoms with Crippen LogP contribution in [0.25, 0.3) is 0 Å². The van der Waals surface area contributed by atoms with Gasteiger partial charge in [-0.1, -0.05) is 17.7 Å². The topological polar surface area (TPSA) is 105 Å². The summed E-state index contributed by atoms with van der Waals surface area (Å²) in [5.74, 6) is -1.96. The molecule has 26 heavy (non-hydrogen) atoms. The van der Waals surface area contributed by atoms with Gasteiger partial charge in [0.15, 0.2) is 0 Å². The Kier molecular flexibility index (Phi) is 5.99. The van der Waals surface area contributed by atoms with E-state index < -0.39 is 17.9 Å². The maximum Gasteiger partial charge on any atom is 0.348 e. The fourth-order valence-corrected chi connectivity index (χ4v) is 3.44. The molecule has 0 fully saturated rings. The predicted octanol–water partition coefficient (Wildman–Crippen LogP) is 2.88. The van der Waals surface area contributed by atoms with Crippen molar-refractivity contribution in [1.82, 2.24) is 0 Å². The van der Waals surface area contributed by atoms with Gasteiger partial charge < -0.3 is 19.9 Å². The number of anilines is 1. The van der Waals surface area contributed by atoms with Gasteiger partial charge in [0.2, 0.25) is 0 Å². The highest BCUT2D eigenvalue weighted by molar-refractivity contribution is 7.18.